The fourth-order valence-corrected chi connectivity index (χ4v) is 1.63. The van der Waals surface area contributed by atoms with Gasteiger partial charge in [-0.1, -0.05) is 24.6 Å². The molecule has 0 bridgehead atoms. The molecule has 1 N–H and O–H groups in total. The minimum atomic E-state index is -0.184. The molecule has 1 amide bonds. The van der Waals surface area contributed by atoms with E-state index in [2.05, 4.69) is 21.2 Å². The molecule has 0 fully saturated rings. The summed E-state index contributed by atoms with van der Waals surface area (Å²) in [5.41, 5.74) is 0.651. The Balaban J connectivity index is 2.53. The molecule has 0 aromatic heterocycles. The molecule has 0 unspecified atom stereocenters. The van der Waals surface area contributed by atoms with Crippen LogP contribution in [0.3, 0.4) is 0 Å². The van der Waals surface area contributed by atoms with E-state index in [4.69, 9.17) is 16.3 Å². The fraction of sp³-hybridized carbons (Fsp3) is 0.364. The van der Waals surface area contributed by atoms with Gasteiger partial charge in [-0.3, -0.25) is 4.79 Å². The normalized spacial score (nSPS) is 10.2. The van der Waals surface area contributed by atoms with Gasteiger partial charge in [0.25, 0.3) is 0 Å². The summed E-state index contributed by atoms with van der Waals surface area (Å²) in [6.45, 7) is 2.64. The molecule has 0 radical (unpaired) electrons. The average molecular weight is 307 g/mol. The molecule has 0 spiro atoms. The van der Waals surface area contributed by atoms with E-state index in [1.165, 1.54) is 0 Å². The summed E-state index contributed by atoms with van der Waals surface area (Å²) in [6.07, 6.45) is 0.897. The third-order valence-corrected chi connectivity index (χ3v) is 3.20. The van der Waals surface area contributed by atoms with Gasteiger partial charge in [0.1, 0.15) is 6.61 Å². The number of amides is 1. The lowest BCUT2D eigenvalue weighted by Crippen LogP contribution is -2.18. The molecule has 5 heteroatoms. The number of nitrogens with one attached hydrogen (secondary N) is 1. The second-order valence-corrected chi connectivity index (χ2v) is 4.40. The summed E-state index contributed by atoms with van der Waals surface area (Å²) in [5, 5.41) is 3.28. The van der Waals surface area contributed by atoms with Crippen LogP contribution in [0.2, 0.25) is 5.02 Å². The van der Waals surface area contributed by atoms with Crippen molar-refractivity contribution in [2.24, 2.45) is 0 Å². The highest BCUT2D eigenvalue weighted by Crippen LogP contribution is 2.29. The smallest absolute Gasteiger partial charge is 0.250 e. The molecular formula is C11H13BrClNO2. The molecule has 16 heavy (non-hydrogen) atoms. The van der Waals surface area contributed by atoms with E-state index in [0.29, 0.717) is 21.8 Å². The van der Waals surface area contributed by atoms with Gasteiger partial charge < -0.3 is 10.1 Å². The van der Waals surface area contributed by atoms with Crippen LogP contribution in [0.1, 0.15) is 13.3 Å². The zero-order valence-corrected chi connectivity index (χ0v) is 11.3. The SMILES string of the molecule is CCCOCC(=O)Nc1cccc(Cl)c1Br. The average Bonchev–Trinajstić information content (AvgIpc) is 2.25. The van der Waals surface area contributed by atoms with Crippen molar-refractivity contribution in [2.75, 3.05) is 18.5 Å². The number of carbonyl (C=O) groups excluding carboxylic acids is 1. The van der Waals surface area contributed by atoms with Gasteiger partial charge in [-0.15, -0.1) is 0 Å². The fourth-order valence-electron chi connectivity index (χ4n) is 1.10. The Morgan fingerprint density at radius 2 is 2.31 bits per heavy atom. The lowest BCUT2D eigenvalue weighted by atomic mass is 10.3. The van der Waals surface area contributed by atoms with E-state index in [1.807, 2.05) is 6.92 Å². The van der Waals surface area contributed by atoms with Crippen LogP contribution in [0.25, 0.3) is 0 Å². The summed E-state index contributed by atoms with van der Waals surface area (Å²) in [6, 6.07) is 5.29. The van der Waals surface area contributed by atoms with E-state index >= 15 is 0 Å². The van der Waals surface area contributed by atoms with E-state index in [0.717, 1.165) is 6.42 Å². The number of ether oxygens (including phenoxy) is 1. The summed E-state index contributed by atoms with van der Waals surface area (Å²) in [4.78, 5) is 11.5. The van der Waals surface area contributed by atoms with Gasteiger partial charge in [-0.05, 0) is 34.5 Å². The molecule has 0 atom stereocenters. The molecule has 1 rings (SSSR count). The van der Waals surface area contributed by atoms with Gasteiger partial charge >= 0.3 is 0 Å². The van der Waals surface area contributed by atoms with Crippen LogP contribution in [0, 0.1) is 0 Å². The van der Waals surface area contributed by atoms with E-state index in [1.54, 1.807) is 18.2 Å². The quantitative estimate of drug-likeness (QED) is 0.846. The molecule has 0 aliphatic rings. The van der Waals surface area contributed by atoms with Gasteiger partial charge in [0.2, 0.25) is 5.91 Å². The Morgan fingerprint density at radius 1 is 1.56 bits per heavy atom. The van der Waals surface area contributed by atoms with Gasteiger partial charge in [0.05, 0.1) is 15.2 Å². The Kier molecular flexibility index (Phi) is 5.80. The van der Waals surface area contributed by atoms with Crippen LogP contribution in [0.4, 0.5) is 5.69 Å². The maximum absolute atomic E-state index is 11.5. The highest BCUT2D eigenvalue weighted by Gasteiger charge is 2.07. The van der Waals surface area contributed by atoms with Crippen LogP contribution in [0.5, 0.6) is 0 Å². The van der Waals surface area contributed by atoms with Gasteiger partial charge in [0, 0.05) is 6.61 Å². The van der Waals surface area contributed by atoms with Crippen LogP contribution >= 0.6 is 27.5 Å². The highest BCUT2D eigenvalue weighted by atomic mass is 79.9. The van der Waals surface area contributed by atoms with E-state index < -0.39 is 0 Å². The second kappa shape index (κ2) is 6.89. The van der Waals surface area contributed by atoms with Gasteiger partial charge in [-0.2, -0.15) is 0 Å². The lowest BCUT2D eigenvalue weighted by Gasteiger charge is -2.08. The van der Waals surface area contributed by atoms with Gasteiger partial charge in [0.15, 0.2) is 0 Å². The number of rotatable bonds is 5. The third-order valence-electron chi connectivity index (χ3n) is 1.81. The predicted molar refractivity (Wildman–Crippen MR) is 68.9 cm³/mol. The number of carbonyl (C=O) groups is 1. The Hall–Kier alpha value is -0.580. The van der Waals surface area contributed by atoms with Crippen molar-refractivity contribution in [1.29, 1.82) is 0 Å². The minimum Gasteiger partial charge on any atom is -0.372 e. The first-order valence-corrected chi connectivity index (χ1v) is 6.14. The van der Waals surface area contributed by atoms with E-state index in [-0.39, 0.29) is 12.5 Å². The topological polar surface area (TPSA) is 38.3 Å². The number of hydrogen-bond acceptors (Lipinski definition) is 2. The van der Waals surface area contributed by atoms with Crippen LogP contribution in [0.15, 0.2) is 22.7 Å². The molecular weight excluding hydrogens is 293 g/mol. The van der Waals surface area contributed by atoms with Crippen molar-refractivity contribution in [3.05, 3.63) is 27.7 Å². The Bertz CT molecular complexity index is 371. The first-order valence-electron chi connectivity index (χ1n) is 4.96. The van der Waals surface area contributed by atoms with Crippen LogP contribution in [-0.2, 0) is 9.53 Å². The first-order chi connectivity index (χ1) is 7.65. The van der Waals surface area contributed by atoms with Crippen molar-refractivity contribution in [3.63, 3.8) is 0 Å². The van der Waals surface area contributed by atoms with Crippen molar-refractivity contribution in [2.45, 2.75) is 13.3 Å². The summed E-state index contributed by atoms with van der Waals surface area (Å²) < 4.78 is 5.81. The van der Waals surface area contributed by atoms with Crippen molar-refractivity contribution in [1.82, 2.24) is 0 Å². The monoisotopic (exact) mass is 305 g/mol. The standard InChI is InChI=1S/C11H13BrClNO2/c1-2-6-16-7-10(15)14-9-5-3-4-8(13)11(9)12/h3-5H,2,6-7H2,1H3,(H,14,15). The highest BCUT2D eigenvalue weighted by molar-refractivity contribution is 9.10. The summed E-state index contributed by atoms with van der Waals surface area (Å²) in [5.74, 6) is -0.184. The van der Waals surface area contributed by atoms with Crippen LogP contribution in [-0.4, -0.2) is 19.1 Å². The van der Waals surface area contributed by atoms with Crippen molar-refractivity contribution in [3.8, 4) is 0 Å². The van der Waals surface area contributed by atoms with Crippen molar-refractivity contribution < 1.29 is 9.53 Å². The van der Waals surface area contributed by atoms with Crippen LogP contribution < -0.4 is 5.32 Å². The summed E-state index contributed by atoms with van der Waals surface area (Å²) in [7, 11) is 0. The zero-order chi connectivity index (χ0) is 12.0. The molecule has 3 nitrogen and oxygen atoms in total. The molecule has 0 saturated heterocycles. The molecule has 1 aromatic carbocycles. The molecule has 0 heterocycles. The van der Waals surface area contributed by atoms with Crippen molar-refractivity contribution >= 4 is 39.1 Å². The minimum absolute atomic E-state index is 0.0623. The molecule has 1 aromatic rings. The molecule has 88 valence electrons. The molecule has 0 saturated carbocycles. The second-order valence-electron chi connectivity index (χ2n) is 3.20. The Labute approximate surface area is 108 Å². The maximum Gasteiger partial charge on any atom is 0.250 e. The number of hydrogen-bond donors (Lipinski definition) is 1. The predicted octanol–water partition coefficient (Wildman–Crippen LogP) is 3.47. The Morgan fingerprint density at radius 3 is 3.00 bits per heavy atom. The molecule has 0 aliphatic carbocycles. The lowest BCUT2D eigenvalue weighted by molar-refractivity contribution is -0.120. The van der Waals surface area contributed by atoms with Gasteiger partial charge in [-0.25, -0.2) is 0 Å². The summed E-state index contributed by atoms with van der Waals surface area (Å²) >= 11 is 9.20. The molecule has 0 aliphatic heterocycles. The van der Waals surface area contributed by atoms with E-state index in [9.17, 15) is 4.79 Å². The number of benzene rings is 1. The maximum atomic E-state index is 11.5. The number of halogens is 2. The first kappa shape index (κ1) is 13.5. The largest absolute Gasteiger partial charge is 0.372 e. The number of anilines is 1. The third kappa shape index (κ3) is 4.12. The zero-order valence-electron chi connectivity index (χ0n) is 8.93.